The van der Waals surface area contributed by atoms with E-state index >= 15 is 0 Å². The summed E-state index contributed by atoms with van der Waals surface area (Å²) in [5.74, 6) is -0.109. The maximum absolute atomic E-state index is 11.6. The summed E-state index contributed by atoms with van der Waals surface area (Å²) in [6.45, 7) is 0.492. The maximum Gasteiger partial charge on any atom is 0.244 e. The molecular weight excluding hydrogens is 224 g/mol. The zero-order valence-corrected chi connectivity index (χ0v) is 9.91. The molecule has 1 aromatic heterocycles. The molecule has 0 unspecified atom stereocenters. The van der Waals surface area contributed by atoms with Crippen LogP contribution in [0.2, 0.25) is 0 Å². The third kappa shape index (κ3) is 3.87. The van der Waals surface area contributed by atoms with E-state index in [1.807, 2.05) is 42.5 Å². The van der Waals surface area contributed by atoms with Crippen molar-refractivity contribution in [2.24, 2.45) is 0 Å². The molecule has 2 aromatic rings. The predicted molar refractivity (Wildman–Crippen MR) is 71.6 cm³/mol. The fourth-order valence-corrected chi connectivity index (χ4v) is 1.49. The van der Waals surface area contributed by atoms with Gasteiger partial charge in [-0.3, -0.25) is 9.78 Å². The number of rotatable bonds is 4. The van der Waals surface area contributed by atoms with Crippen molar-refractivity contribution in [2.45, 2.75) is 6.54 Å². The molecule has 0 saturated carbocycles. The average Bonchev–Trinajstić information content (AvgIpc) is 2.45. The van der Waals surface area contributed by atoms with Crippen LogP contribution in [-0.2, 0) is 11.3 Å². The van der Waals surface area contributed by atoms with E-state index in [0.717, 1.165) is 11.1 Å². The second-order valence-corrected chi connectivity index (χ2v) is 3.82. The van der Waals surface area contributed by atoms with E-state index in [4.69, 9.17) is 0 Å². The molecule has 0 saturated heterocycles. The highest BCUT2D eigenvalue weighted by Gasteiger charge is 1.96. The monoisotopic (exact) mass is 238 g/mol. The molecule has 1 heterocycles. The van der Waals surface area contributed by atoms with Crippen molar-refractivity contribution in [3.8, 4) is 0 Å². The number of carbonyl (C=O) groups is 1. The average molecular weight is 238 g/mol. The quantitative estimate of drug-likeness (QED) is 0.831. The zero-order valence-electron chi connectivity index (χ0n) is 9.91. The lowest BCUT2D eigenvalue weighted by atomic mass is 10.2. The molecule has 1 aromatic carbocycles. The van der Waals surface area contributed by atoms with E-state index in [9.17, 15) is 4.79 Å². The molecule has 0 atom stereocenters. The van der Waals surface area contributed by atoms with Crippen molar-refractivity contribution in [3.63, 3.8) is 0 Å². The molecule has 0 bridgehead atoms. The lowest BCUT2D eigenvalue weighted by Gasteiger charge is -2.01. The van der Waals surface area contributed by atoms with Crippen LogP contribution >= 0.6 is 0 Å². The van der Waals surface area contributed by atoms with E-state index < -0.39 is 0 Å². The summed E-state index contributed by atoms with van der Waals surface area (Å²) in [6.07, 6.45) is 6.77. The van der Waals surface area contributed by atoms with Gasteiger partial charge in [-0.1, -0.05) is 36.4 Å². The van der Waals surface area contributed by atoms with E-state index in [1.165, 1.54) is 6.08 Å². The van der Waals surface area contributed by atoms with Crippen molar-refractivity contribution in [2.75, 3.05) is 0 Å². The molecule has 1 amide bonds. The smallest absolute Gasteiger partial charge is 0.244 e. The van der Waals surface area contributed by atoms with Gasteiger partial charge >= 0.3 is 0 Å². The molecule has 0 radical (unpaired) electrons. The van der Waals surface area contributed by atoms with E-state index in [2.05, 4.69) is 10.3 Å². The van der Waals surface area contributed by atoms with Crippen LogP contribution in [0.4, 0.5) is 0 Å². The van der Waals surface area contributed by atoms with Gasteiger partial charge in [-0.05, 0) is 23.3 Å². The molecule has 0 spiro atoms. The minimum atomic E-state index is -0.109. The second kappa shape index (κ2) is 6.35. The third-order valence-corrected chi connectivity index (χ3v) is 2.42. The number of amides is 1. The Kier molecular flexibility index (Phi) is 4.25. The Balaban J connectivity index is 1.84. The van der Waals surface area contributed by atoms with Gasteiger partial charge in [0.2, 0.25) is 5.91 Å². The molecule has 0 aliphatic rings. The van der Waals surface area contributed by atoms with E-state index in [-0.39, 0.29) is 5.91 Å². The summed E-state index contributed by atoms with van der Waals surface area (Å²) in [5.41, 5.74) is 1.99. The minimum absolute atomic E-state index is 0.109. The number of pyridine rings is 1. The van der Waals surface area contributed by atoms with Crippen molar-refractivity contribution in [1.82, 2.24) is 10.3 Å². The predicted octanol–water partition coefficient (Wildman–Crippen LogP) is 2.41. The van der Waals surface area contributed by atoms with Crippen LogP contribution in [0.15, 0.2) is 60.9 Å². The second-order valence-electron chi connectivity index (χ2n) is 3.82. The number of aromatic nitrogens is 1. The molecule has 18 heavy (non-hydrogen) atoms. The first kappa shape index (κ1) is 12.0. The topological polar surface area (TPSA) is 42.0 Å². The van der Waals surface area contributed by atoms with Gasteiger partial charge in [0.05, 0.1) is 0 Å². The lowest BCUT2D eigenvalue weighted by molar-refractivity contribution is -0.116. The van der Waals surface area contributed by atoms with Gasteiger partial charge < -0.3 is 5.32 Å². The molecule has 2 rings (SSSR count). The molecule has 0 aliphatic heterocycles. The number of nitrogens with zero attached hydrogens (tertiary/aromatic N) is 1. The van der Waals surface area contributed by atoms with E-state index in [1.54, 1.807) is 18.5 Å². The van der Waals surface area contributed by atoms with Crippen molar-refractivity contribution >= 4 is 12.0 Å². The van der Waals surface area contributed by atoms with Crippen molar-refractivity contribution < 1.29 is 4.79 Å². The molecule has 0 aliphatic carbocycles. The fraction of sp³-hybridized carbons (Fsp3) is 0.0667. The van der Waals surface area contributed by atoms with Crippen LogP contribution in [0.1, 0.15) is 11.1 Å². The molecule has 3 heteroatoms. The van der Waals surface area contributed by atoms with Gasteiger partial charge in [0, 0.05) is 25.0 Å². The van der Waals surface area contributed by atoms with E-state index in [0.29, 0.717) is 6.54 Å². The molecule has 0 fully saturated rings. The Morgan fingerprint density at radius 2 is 2.00 bits per heavy atom. The third-order valence-electron chi connectivity index (χ3n) is 2.42. The minimum Gasteiger partial charge on any atom is -0.348 e. The molecule has 3 nitrogen and oxygen atoms in total. The zero-order chi connectivity index (χ0) is 12.6. The van der Waals surface area contributed by atoms with Gasteiger partial charge in [0.1, 0.15) is 0 Å². The maximum atomic E-state index is 11.6. The number of carbonyl (C=O) groups excluding carboxylic acids is 1. The van der Waals surface area contributed by atoms with Gasteiger partial charge in [0.25, 0.3) is 0 Å². The SMILES string of the molecule is O=C(/C=C/c1ccccc1)NCc1cccnc1. The molecule has 90 valence electrons. The summed E-state index contributed by atoms with van der Waals surface area (Å²) in [4.78, 5) is 15.6. The highest BCUT2D eigenvalue weighted by molar-refractivity contribution is 5.91. The van der Waals surface area contributed by atoms with Gasteiger partial charge in [0.15, 0.2) is 0 Å². The molecular formula is C15H14N2O. The number of hydrogen-bond donors (Lipinski definition) is 1. The Bertz CT molecular complexity index is 521. The standard InChI is InChI=1S/C15H14N2O/c18-15(9-8-13-5-2-1-3-6-13)17-12-14-7-4-10-16-11-14/h1-11H,12H2,(H,17,18)/b9-8+. The summed E-state index contributed by atoms with van der Waals surface area (Å²) in [5, 5.41) is 2.80. The first-order chi connectivity index (χ1) is 8.84. The first-order valence-electron chi connectivity index (χ1n) is 5.74. The van der Waals surface area contributed by atoms with Gasteiger partial charge in [-0.2, -0.15) is 0 Å². The summed E-state index contributed by atoms with van der Waals surface area (Å²) in [7, 11) is 0. The normalized spacial score (nSPS) is 10.4. The van der Waals surface area contributed by atoms with Crippen LogP contribution in [0, 0.1) is 0 Å². The summed E-state index contributed by atoms with van der Waals surface area (Å²) >= 11 is 0. The Morgan fingerprint density at radius 3 is 2.72 bits per heavy atom. The van der Waals surface area contributed by atoms with Crippen LogP contribution in [-0.4, -0.2) is 10.9 Å². The lowest BCUT2D eigenvalue weighted by Crippen LogP contribution is -2.20. The van der Waals surface area contributed by atoms with Crippen LogP contribution in [0.25, 0.3) is 6.08 Å². The van der Waals surface area contributed by atoms with Crippen molar-refractivity contribution in [3.05, 3.63) is 72.1 Å². The fourth-order valence-electron chi connectivity index (χ4n) is 1.49. The summed E-state index contributed by atoms with van der Waals surface area (Å²) < 4.78 is 0. The van der Waals surface area contributed by atoms with Crippen LogP contribution < -0.4 is 5.32 Å². The van der Waals surface area contributed by atoms with Crippen LogP contribution in [0.3, 0.4) is 0 Å². The largest absolute Gasteiger partial charge is 0.348 e. The Hall–Kier alpha value is -2.42. The van der Waals surface area contributed by atoms with Gasteiger partial charge in [-0.15, -0.1) is 0 Å². The highest BCUT2D eigenvalue weighted by atomic mass is 16.1. The van der Waals surface area contributed by atoms with Crippen molar-refractivity contribution in [1.29, 1.82) is 0 Å². The molecule has 1 N–H and O–H groups in total. The Morgan fingerprint density at radius 1 is 1.17 bits per heavy atom. The number of benzene rings is 1. The van der Waals surface area contributed by atoms with Gasteiger partial charge in [-0.25, -0.2) is 0 Å². The first-order valence-corrected chi connectivity index (χ1v) is 5.74. The number of hydrogen-bond acceptors (Lipinski definition) is 2. The summed E-state index contributed by atoms with van der Waals surface area (Å²) in [6, 6.07) is 13.5. The number of nitrogens with one attached hydrogen (secondary N) is 1. The van der Waals surface area contributed by atoms with Crippen LogP contribution in [0.5, 0.6) is 0 Å². The highest BCUT2D eigenvalue weighted by Crippen LogP contribution is 2.00. The Labute approximate surface area is 106 Å².